The molecule has 6 rings (SSSR count). The van der Waals surface area contributed by atoms with E-state index in [2.05, 4.69) is 31.6 Å². The van der Waals surface area contributed by atoms with E-state index in [1.807, 2.05) is 0 Å². The van der Waals surface area contributed by atoms with E-state index in [9.17, 15) is 9.18 Å². The summed E-state index contributed by atoms with van der Waals surface area (Å²) >= 11 is 0. The van der Waals surface area contributed by atoms with Gasteiger partial charge in [0.1, 0.15) is 6.17 Å². The summed E-state index contributed by atoms with van der Waals surface area (Å²) in [6, 6.07) is 0.803. The first-order valence-electron chi connectivity index (χ1n) is 13.9. The Bertz CT molecular complexity index is 879. The summed E-state index contributed by atoms with van der Waals surface area (Å²) in [4.78, 5) is 30.5. The molecule has 0 radical (unpaired) electrons. The topological polar surface area (TPSA) is 84.7 Å². The highest BCUT2D eigenvalue weighted by Crippen LogP contribution is 2.37. The van der Waals surface area contributed by atoms with Crippen LogP contribution < -0.4 is 10.6 Å². The maximum atomic E-state index is 13.7. The van der Waals surface area contributed by atoms with Crippen LogP contribution in [0.2, 0.25) is 0 Å². The highest BCUT2D eigenvalue weighted by molar-refractivity contribution is 5.83. The molecule has 6 unspecified atom stereocenters. The highest BCUT2D eigenvalue weighted by Gasteiger charge is 2.40. The summed E-state index contributed by atoms with van der Waals surface area (Å²) in [5.41, 5.74) is 0. The van der Waals surface area contributed by atoms with Crippen molar-refractivity contribution < 1.29 is 9.18 Å². The summed E-state index contributed by atoms with van der Waals surface area (Å²) in [5, 5.41) is 7.26. The van der Waals surface area contributed by atoms with Crippen LogP contribution in [-0.4, -0.2) is 91.4 Å². The lowest BCUT2D eigenvalue weighted by Crippen LogP contribution is -2.50. The van der Waals surface area contributed by atoms with Crippen molar-refractivity contribution in [1.82, 2.24) is 20.4 Å². The molecule has 2 saturated carbocycles. The third-order valence-electron chi connectivity index (χ3n) is 9.08. The summed E-state index contributed by atoms with van der Waals surface area (Å²) in [6.07, 6.45) is 11.1. The zero-order valence-corrected chi connectivity index (χ0v) is 20.7. The van der Waals surface area contributed by atoms with E-state index in [-0.39, 0.29) is 12.1 Å². The van der Waals surface area contributed by atoms with E-state index in [1.54, 1.807) is 0 Å². The fraction of sp³-hybridized carbons (Fsp3) is 0.846. The number of fused-ring (bicyclic) bond motifs is 1. The lowest BCUT2D eigenvalue weighted by Gasteiger charge is -2.37. The molecule has 0 aromatic heterocycles. The van der Waals surface area contributed by atoms with Crippen molar-refractivity contribution in [2.24, 2.45) is 38.6 Å². The number of carbonyl (C=O) groups excluding carboxylic acids is 1. The number of halogens is 1. The molecule has 4 aliphatic heterocycles. The smallest absolute Gasteiger partial charge is 0.225 e. The molecule has 6 atom stereocenters. The van der Waals surface area contributed by atoms with Crippen LogP contribution >= 0.6 is 0 Å². The van der Waals surface area contributed by atoms with Crippen molar-refractivity contribution in [2.45, 2.75) is 76.0 Å². The maximum absolute atomic E-state index is 13.7. The van der Waals surface area contributed by atoms with Gasteiger partial charge >= 0.3 is 0 Å². The van der Waals surface area contributed by atoms with Crippen LogP contribution in [0.15, 0.2) is 15.0 Å². The van der Waals surface area contributed by atoms with Gasteiger partial charge in [0.15, 0.2) is 11.9 Å². The van der Waals surface area contributed by atoms with Crippen LogP contribution in [0.3, 0.4) is 0 Å². The minimum atomic E-state index is -0.151. The third-order valence-corrected chi connectivity index (χ3v) is 9.08. The zero-order valence-electron chi connectivity index (χ0n) is 20.7. The van der Waals surface area contributed by atoms with Gasteiger partial charge in [0.05, 0.1) is 0 Å². The average Bonchev–Trinajstić information content (AvgIpc) is 3.64. The largest absolute Gasteiger partial charge is 0.352 e. The minimum absolute atomic E-state index is 0.0268. The van der Waals surface area contributed by atoms with Crippen LogP contribution in [0.4, 0.5) is 4.39 Å². The molecule has 6 aliphatic rings. The second-order valence-electron chi connectivity index (χ2n) is 11.6. The number of hydrogen-bond donors (Lipinski definition) is 2. The van der Waals surface area contributed by atoms with Crippen molar-refractivity contribution in [3.63, 3.8) is 0 Å². The predicted octanol–water partition coefficient (Wildman–Crippen LogP) is 2.21. The van der Waals surface area contributed by atoms with Gasteiger partial charge in [-0.1, -0.05) is 0 Å². The molecule has 4 heterocycles. The molecule has 4 fully saturated rings. The number of aliphatic imine (C=N–C) groups is 3. The molecule has 2 N–H and O–H groups in total. The van der Waals surface area contributed by atoms with Gasteiger partial charge in [0.2, 0.25) is 5.91 Å². The lowest BCUT2D eigenvalue weighted by atomic mass is 9.73. The standard InChI is InChI=1S/C26H40FN7O/c27-23-15-20(6-8-28-23)19-3-4-21-22(14-19)31-26(30-21)32-24-13-17(5-7-29-24)16-33-9-11-34(12-10-33)25(35)18-1-2-18/h7,17-22,24H,1-6,8-16H2,(H2,30,31,32). The molecule has 0 bridgehead atoms. The SMILES string of the molecule is O=C(C1CC1)N1CCN(CC2CC=NC(N=C3NC4CCC(C5CCN=C(F)C5)CC4N3)C2)CC1. The van der Waals surface area contributed by atoms with Crippen molar-refractivity contribution in [3.05, 3.63) is 0 Å². The molecule has 0 aromatic carbocycles. The van der Waals surface area contributed by atoms with Gasteiger partial charge in [0.25, 0.3) is 0 Å². The van der Waals surface area contributed by atoms with Crippen LogP contribution in [0.25, 0.3) is 0 Å². The Kier molecular flexibility index (Phi) is 6.78. The molecule has 0 aromatic rings. The Morgan fingerprint density at radius 1 is 1.03 bits per heavy atom. The van der Waals surface area contributed by atoms with E-state index < -0.39 is 0 Å². The summed E-state index contributed by atoms with van der Waals surface area (Å²) in [5.74, 6) is 3.02. The normalized spacial score (nSPS) is 39.1. The van der Waals surface area contributed by atoms with E-state index in [0.29, 0.717) is 54.6 Å². The first-order valence-corrected chi connectivity index (χ1v) is 13.9. The first kappa shape index (κ1) is 23.4. The van der Waals surface area contributed by atoms with Gasteiger partial charge in [-0.25, -0.2) is 4.99 Å². The molecule has 35 heavy (non-hydrogen) atoms. The summed E-state index contributed by atoms with van der Waals surface area (Å²) in [6.45, 7) is 5.42. The van der Waals surface area contributed by atoms with Crippen LogP contribution in [0.5, 0.6) is 0 Å². The number of amides is 1. The Hall–Kier alpha value is -2.03. The zero-order chi connectivity index (χ0) is 23.8. The Balaban J connectivity index is 0.975. The van der Waals surface area contributed by atoms with Gasteiger partial charge in [-0.05, 0) is 69.1 Å². The second kappa shape index (κ2) is 10.1. The van der Waals surface area contributed by atoms with Crippen LogP contribution in [0, 0.1) is 23.7 Å². The molecule has 8 nitrogen and oxygen atoms in total. The van der Waals surface area contributed by atoms with E-state index in [4.69, 9.17) is 9.98 Å². The third kappa shape index (κ3) is 5.54. The Morgan fingerprint density at radius 3 is 2.66 bits per heavy atom. The molecule has 1 amide bonds. The van der Waals surface area contributed by atoms with E-state index in [0.717, 1.165) is 90.0 Å². The van der Waals surface area contributed by atoms with Crippen molar-refractivity contribution in [1.29, 1.82) is 0 Å². The van der Waals surface area contributed by atoms with E-state index >= 15 is 0 Å². The monoisotopic (exact) mass is 485 g/mol. The van der Waals surface area contributed by atoms with Crippen molar-refractivity contribution in [3.8, 4) is 0 Å². The molecule has 0 spiro atoms. The number of nitrogens with one attached hydrogen (secondary N) is 2. The second-order valence-corrected chi connectivity index (χ2v) is 11.6. The van der Waals surface area contributed by atoms with Gasteiger partial charge in [-0.3, -0.25) is 19.7 Å². The van der Waals surface area contributed by atoms with Gasteiger partial charge in [0, 0.05) is 69.9 Å². The fourth-order valence-corrected chi connectivity index (χ4v) is 6.84. The molecule has 9 heteroatoms. The first-order chi connectivity index (χ1) is 17.1. The summed E-state index contributed by atoms with van der Waals surface area (Å²) < 4.78 is 13.7. The quantitative estimate of drug-likeness (QED) is 0.625. The number of rotatable bonds is 5. The van der Waals surface area contributed by atoms with Gasteiger partial charge < -0.3 is 15.5 Å². The molecule has 192 valence electrons. The molecular formula is C26H40FN7O. The summed E-state index contributed by atoms with van der Waals surface area (Å²) in [7, 11) is 0. The number of carbonyl (C=O) groups is 1. The van der Waals surface area contributed by atoms with Crippen LogP contribution in [0.1, 0.15) is 57.8 Å². The fourth-order valence-electron chi connectivity index (χ4n) is 6.84. The van der Waals surface area contributed by atoms with Gasteiger partial charge in [-0.2, -0.15) is 4.39 Å². The average molecular weight is 486 g/mol. The minimum Gasteiger partial charge on any atom is -0.352 e. The molecule has 2 aliphatic carbocycles. The Morgan fingerprint density at radius 2 is 1.86 bits per heavy atom. The van der Waals surface area contributed by atoms with Crippen molar-refractivity contribution >= 4 is 24.0 Å². The lowest BCUT2D eigenvalue weighted by molar-refractivity contribution is -0.134. The van der Waals surface area contributed by atoms with Gasteiger partial charge in [-0.15, -0.1) is 0 Å². The van der Waals surface area contributed by atoms with Crippen LogP contribution in [-0.2, 0) is 4.79 Å². The molecule has 2 saturated heterocycles. The predicted molar refractivity (Wildman–Crippen MR) is 136 cm³/mol. The maximum Gasteiger partial charge on any atom is 0.225 e. The number of nitrogens with zero attached hydrogens (tertiary/aromatic N) is 5. The number of hydrogen-bond acceptors (Lipinski definition) is 5. The number of piperazine rings is 1. The van der Waals surface area contributed by atoms with E-state index in [1.165, 1.54) is 0 Å². The van der Waals surface area contributed by atoms with Crippen molar-refractivity contribution in [2.75, 3.05) is 39.3 Å². The number of guanidine groups is 1. The Labute approximate surface area is 207 Å². The highest BCUT2D eigenvalue weighted by atomic mass is 19.1. The molecular weight excluding hydrogens is 445 g/mol.